The molecule has 0 aromatic rings. The highest BCUT2D eigenvalue weighted by Crippen LogP contribution is 2.28. The van der Waals surface area contributed by atoms with Gasteiger partial charge in [0.15, 0.2) is 0 Å². The molecule has 0 aromatic carbocycles. The monoisotopic (exact) mass is 211 g/mol. The normalized spacial score (nSPS) is 31.8. The fourth-order valence-corrected chi connectivity index (χ4v) is 2.47. The molecule has 2 heteroatoms. The second-order valence-corrected chi connectivity index (χ2v) is 5.34. The first-order valence-corrected chi connectivity index (χ1v) is 6.67. The molecule has 15 heavy (non-hydrogen) atoms. The zero-order valence-corrected chi connectivity index (χ0v) is 10.0. The van der Waals surface area contributed by atoms with Gasteiger partial charge in [-0.2, -0.15) is 0 Å². The lowest BCUT2D eigenvalue weighted by molar-refractivity contribution is 0.120. The van der Waals surface area contributed by atoms with Crippen molar-refractivity contribution in [3.8, 4) is 0 Å². The maximum absolute atomic E-state index is 5.62. The van der Waals surface area contributed by atoms with Crippen LogP contribution in [-0.4, -0.2) is 25.8 Å². The van der Waals surface area contributed by atoms with E-state index in [1.165, 1.54) is 38.5 Å². The largest absolute Gasteiger partial charge is 0.380 e. The molecule has 2 saturated carbocycles. The SMILES string of the molecule is CC1CCCCC1NCCOCC1CC1. The van der Waals surface area contributed by atoms with Gasteiger partial charge in [0.1, 0.15) is 0 Å². The van der Waals surface area contributed by atoms with E-state index in [0.717, 1.165) is 37.6 Å². The van der Waals surface area contributed by atoms with Crippen molar-refractivity contribution in [2.45, 2.75) is 51.5 Å². The molecule has 2 fully saturated rings. The van der Waals surface area contributed by atoms with Gasteiger partial charge in [-0.15, -0.1) is 0 Å². The zero-order valence-electron chi connectivity index (χ0n) is 10.0. The van der Waals surface area contributed by atoms with Crippen LogP contribution >= 0.6 is 0 Å². The molecule has 2 rings (SSSR count). The van der Waals surface area contributed by atoms with Crippen molar-refractivity contribution in [2.75, 3.05) is 19.8 Å². The van der Waals surface area contributed by atoms with Crippen molar-refractivity contribution in [1.29, 1.82) is 0 Å². The molecule has 88 valence electrons. The Hall–Kier alpha value is -0.0800. The third kappa shape index (κ3) is 4.12. The Balaban J connectivity index is 1.48. The maximum Gasteiger partial charge on any atom is 0.0591 e. The molecular weight excluding hydrogens is 186 g/mol. The van der Waals surface area contributed by atoms with Crippen molar-refractivity contribution in [3.05, 3.63) is 0 Å². The van der Waals surface area contributed by atoms with E-state index < -0.39 is 0 Å². The van der Waals surface area contributed by atoms with Crippen LogP contribution in [0.5, 0.6) is 0 Å². The van der Waals surface area contributed by atoms with Gasteiger partial charge in [0.2, 0.25) is 0 Å². The van der Waals surface area contributed by atoms with Gasteiger partial charge in [-0.05, 0) is 37.5 Å². The minimum atomic E-state index is 0.753. The fraction of sp³-hybridized carbons (Fsp3) is 1.00. The summed E-state index contributed by atoms with van der Waals surface area (Å²) < 4.78 is 5.62. The predicted molar refractivity (Wildman–Crippen MR) is 63.0 cm³/mol. The van der Waals surface area contributed by atoms with E-state index in [0.29, 0.717) is 0 Å². The maximum atomic E-state index is 5.62. The highest BCUT2D eigenvalue weighted by atomic mass is 16.5. The Kier molecular flexibility index (Phi) is 4.45. The molecule has 0 saturated heterocycles. The fourth-order valence-electron chi connectivity index (χ4n) is 2.47. The first-order chi connectivity index (χ1) is 7.36. The van der Waals surface area contributed by atoms with Gasteiger partial charge in [-0.1, -0.05) is 19.8 Å². The quantitative estimate of drug-likeness (QED) is 0.682. The molecule has 2 unspecified atom stereocenters. The summed E-state index contributed by atoms with van der Waals surface area (Å²) >= 11 is 0. The van der Waals surface area contributed by atoms with Crippen LogP contribution in [0.1, 0.15) is 45.4 Å². The second-order valence-electron chi connectivity index (χ2n) is 5.34. The summed E-state index contributed by atoms with van der Waals surface area (Å²) in [6.45, 7) is 5.32. The van der Waals surface area contributed by atoms with Crippen molar-refractivity contribution < 1.29 is 4.74 Å². The number of hydrogen-bond donors (Lipinski definition) is 1. The van der Waals surface area contributed by atoms with Gasteiger partial charge in [0.25, 0.3) is 0 Å². The van der Waals surface area contributed by atoms with Gasteiger partial charge in [0, 0.05) is 19.2 Å². The third-order valence-electron chi connectivity index (χ3n) is 3.81. The van der Waals surface area contributed by atoms with Gasteiger partial charge < -0.3 is 10.1 Å². The second kappa shape index (κ2) is 5.86. The minimum Gasteiger partial charge on any atom is -0.380 e. The lowest BCUT2D eigenvalue weighted by atomic mass is 9.86. The van der Waals surface area contributed by atoms with E-state index in [1.807, 2.05) is 0 Å². The Morgan fingerprint density at radius 3 is 2.67 bits per heavy atom. The van der Waals surface area contributed by atoms with Crippen LogP contribution in [-0.2, 0) is 4.74 Å². The molecule has 0 amide bonds. The van der Waals surface area contributed by atoms with Crippen LogP contribution in [0.2, 0.25) is 0 Å². The third-order valence-corrected chi connectivity index (χ3v) is 3.81. The summed E-state index contributed by atoms with van der Waals surface area (Å²) in [5.74, 6) is 1.76. The highest BCUT2D eigenvalue weighted by molar-refractivity contribution is 4.78. The first-order valence-electron chi connectivity index (χ1n) is 6.67. The zero-order chi connectivity index (χ0) is 10.5. The Labute approximate surface area is 93.8 Å². The summed E-state index contributed by atoms with van der Waals surface area (Å²) in [4.78, 5) is 0. The van der Waals surface area contributed by atoms with Crippen LogP contribution in [0.25, 0.3) is 0 Å². The van der Waals surface area contributed by atoms with Crippen molar-refractivity contribution >= 4 is 0 Å². The molecule has 2 atom stereocenters. The average molecular weight is 211 g/mol. The number of rotatable bonds is 6. The van der Waals surface area contributed by atoms with E-state index >= 15 is 0 Å². The molecule has 0 aliphatic heterocycles. The van der Waals surface area contributed by atoms with E-state index in [9.17, 15) is 0 Å². The Morgan fingerprint density at radius 1 is 1.13 bits per heavy atom. The Bertz CT molecular complexity index is 179. The molecule has 2 aliphatic carbocycles. The summed E-state index contributed by atoms with van der Waals surface area (Å²) in [5.41, 5.74) is 0. The van der Waals surface area contributed by atoms with E-state index in [4.69, 9.17) is 4.74 Å². The lowest BCUT2D eigenvalue weighted by Crippen LogP contribution is -2.39. The Morgan fingerprint density at radius 2 is 1.93 bits per heavy atom. The minimum absolute atomic E-state index is 0.753. The average Bonchev–Trinajstić information content (AvgIpc) is 3.04. The van der Waals surface area contributed by atoms with Gasteiger partial charge in [-0.3, -0.25) is 0 Å². The molecule has 0 spiro atoms. The van der Waals surface area contributed by atoms with Crippen LogP contribution < -0.4 is 5.32 Å². The molecule has 0 radical (unpaired) electrons. The predicted octanol–water partition coefficient (Wildman–Crippen LogP) is 2.58. The molecular formula is C13H25NO. The molecule has 0 bridgehead atoms. The highest BCUT2D eigenvalue weighted by Gasteiger charge is 2.22. The molecule has 2 nitrogen and oxygen atoms in total. The van der Waals surface area contributed by atoms with E-state index in [1.54, 1.807) is 0 Å². The van der Waals surface area contributed by atoms with Crippen LogP contribution in [0, 0.1) is 11.8 Å². The van der Waals surface area contributed by atoms with Crippen molar-refractivity contribution in [3.63, 3.8) is 0 Å². The molecule has 1 N–H and O–H groups in total. The summed E-state index contributed by atoms with van der Waals surface area (Å²) in [5, 5.41) is 3.64. The van der Waals surface area contributed by atoms with Crippen LogP contribution in [0.4, 0.5) is 0 Å². The number of ether oxygens (including phenoxy) is 1. The lowest BCUT2D eigenvalue weighted by Gasteiger charge is -2.29. The van der Waals surface area contributed by atoms with Gasteiger partial charge in [-0.25, -0.2) is 0 Å². The summed E-state index contributed by atoms with van der Waals surface area (Å²) in [7, 11) is 0. The van der Waals surface area contributed by atoms with Gasteiger partial charge >= 0.3 is 0 Å². The number of hydrogen-bond acceptors (Lipinski definition) is 2. The summed E-state index contributed by atoms with van der Waals surface area (Å²) in [6, 6.07) is 0.753. The molecule has 0 heterocycles. The topological polar surface area (TPSA) is 21.3 Å². The van der Waals surface area contributed by atoms with Crippen molar-refractivity contribution in [1.82, 2.24) is 5.32 Å². The van der Waals surface area contributed by atoms with Crippen LogP contribution in [0.3, 0.4) is 0 Å². The first kappa shape index (κ1) is 11.4. The van der Waals surface area contributed by atoms with E-state index in [2.05, 4.69) is 12.2 Å². The molecule has 2 aliphatic rings. The standard InChI is InChI=1S/C13H25NO/c1-11-4-2-3-5-13(11)14-8-9-15-10-12-6-7-12/h11-14H,2-10H2,1H3. The van der Waals surface area contributed by atoms with E-state index in [-0.39, 0.29) is 0 Å². The van der Waals surface area contributed by atoms with Gasteiger partial charge in [0.05, 0.1) is 6.61 Å². The smallest absolute Gasteiger partial charge is 0.0591 e. The van der Waals surface area contributed by atoms with Crippen molar-refractivity contribution in [2.24, 2.45) is 11.8 Å². The summed E-state index contributed by atoms with van der Waals surface area (Å²) in [6.07, 6.45) is 8.40. The molecule has 0 aromatic heterocycles. The van der Waals surface area contributed by atoms with Crippen LogP contribution in [0.15, 0.2) is 0 Å². The number of nitrogens with one attached hydrogen (secondary N) is 1.